The second-order valence-electron chi connectivity index (χ2n) is 7.28. The van der Waals surface area contributed by atoms with Crippen molar-refractivity contribution in [2.75, 3.05) is 12.0 Å². The lowest BCUT2D eigenvalue weighted by molar-refractivity contribution is -0.384. The van der Waals surface area contributed by atoms with Crippen LogP contribution in [-0.2, 0) is 9.59 Å². The highest BCUT2D eigenvalue weighted by Crippen LogP contribution is 2.65. The number of nitro groups is 1. The van der Waals surface area contributed by atoms with E-state index < -0.39 is 4.92 Å². The SMILES string of the molecule is COc1cc([N+](=O)[O-])ccc1N1C(=O)[C@@H]2[C@H]3C=C[C@@H]([C@@H]4C[C@H]34)[C@H]2C1=O. The summed E-state index contributed by atoms with van der Waals surface area (Å²) in [4.78, 5) is 37.8. The molecule has 0 radical (unpaired) electrons. The average molecular weight is 340 g/mol. The summed E-state index contributed by atoms with van der Waals surface area (Å²) in [6.07, 6.45) is 5.33. The van der Waals surface area contributed by atoms with Crippen LogP contribution in [0.3, 0.4) is 0 Å². The Morgan fingerprint density at radius 2 is 1.72 bits per heavy atom. The third-order valence-electron chi connectivity index (χ3n) is 6.28. The van der Waals surface area contributed by atoms with Gasteiger partial charge in [0.25, 0.3) is 5.69 Å². The Balaban J connectivity index is 1.57. The summed E-state index contributed by atoms with van der Waals surface area (Å²) in [6, 6.07) is 3.98. The van der Waals surface area contributed by atoms with Gasteiger partial charge in [-0.05, 0) is 36.2 Å². The summed E-state index contributed by atoms with van der Waals surface area (Å²) in [7, 11) is 1.38. The molecule has 6 atom stereocenters. The molecule has 1 aromatic rings. The van der Waals surface area contributed by atoms with Crippen molar-refractivity contribution >= 4 is 23.2 Å². The molecule has 6 rings (SSSR count). The fourth-order valence-electron chi connectivity index (χ4n) is 5.16. The van der Waals surface area contributed by atoms with E-state index in [0.29, 0.717) is 17.5 Å². The van der Waals surface area contributed by atoms with Crippen LogP contribution >= 0.6 is 0 Å². The summed E-state index contributed by atoms with van der Waals surface area (Å²) in [5.41, 5.74) is 0.158. The number of non-ortho nitro benzene ring substituents is 1. The van der Waals surface area contributed by atoms with Gasteiger partial charge in [0.1, 0.15) is 5.75 Å². The minimum Gasteiger partial charge on any atom is -0.494 e. The first kappa shape index (κ1) is 14.6. The number of carbonyl (C=O) groups is 2. The molecule has 4 aliphatic carbocycles. The molecule has 1 heterocycles. The van der Waals surface area contributed by atoms with Crippen LogP contribution in [0, 0.1) is 45.6 Å². The number of hydrogen-bond donors (Lipinski definition) is 0. The summed E-state index contributed by atoms with van der Waals surface area (Å²) in [5.74, 6) is 0.519. The van der Waals surface area contributed by atoms with Gasteiger partial charge in [0.05, 0.1) is 35.6 Å². The van der Waals surface area contributed by atoms with Crippen LogP contribution in [-0.4, -0.2) is 23.8 Å². The van der Waals surface area contributed by atoms with Gasteiger partial charge in [-0.1, -0.05) is 12.2 Å². The van der Waals surface area contributed by atoms with Gasteiger partial charge in [0.2, 0.25) is 11.8 Å². The van der Waals surface area contributed by atoms with Crippen molar-refractivity contribution < 1.29 is 19.2 Å². The van der Waals surface area contributed by atoms with Crippen LogP contribution in [0.15, 0.2) is 30.4 Å². The number of carbonyl (C=O) groups excluding carboxylic acids is 2. The van der Waals surface area contributed by atoms with E-state index in [1.807, 2.05) is 0 Å². The molecule has 1 saturated heterocycles. The number of amides is 2. The Hall–Kier alpha value is -2.70. The number of allylic oxidation sites excluding steroid dienone is 2. The fourth-order valence-corrected chi connectivity index (χ4v) is 5.16. The van der Waals surface area contributed by atoms with Crippen LogP contribution in [0.4, 0.5) is 11.4 Å². The van der Waals surface area contributed by atoms with Gasteiger partial charge in [-0.15, -0.1) is 0 Å². The van der Waals surface area contributed by atoms with Crippen molar-refractivity contribution in [3.63, 3.8) is 0 Å². The zero-order chi connectivity index (χ0) is 17.5. The molecule has 2 saturated carbocycles. The van der Waals surface area contributed by atoms with Crippen LogP contribution < -0.4 is 9.64 Å². The van der Waals surface area contributed by atoms with Crippen LogP contribution in [0.2, 0.25) is 0 Å². The molecule has 7 heteroatoms. The number of nitro benzene ring substituents is 1. The third kappa shape index (κ3) is 1.75. The molecular formula is C18H16N2O5. The maximum Gasteiger partial charge on any atom is 0.273 e. The Morgan fingerprint density at radius 3 is 2.24 bits per heavy atom. The number of rotatable bonds is 3. The van der Waals surface area contributed by atoms with Crippen molar-refractivity contribution in [3.05, 3.63) is 40.5 Å². The first-order valence-electron chi connectivity index (χ1n) is 8.41. The summed E-state index contributed by atoms with van der Waals surface area (Å²) < 4.78 is 5.23. The first-order chi connectivity index (χ1) is 12.0. The van der Waals surface area contributed by atoms with E-state index in [1.165, 1.54) is 30.2 Å². The van der Waals surface area contributed by atoms with Gasteiger partial charge < -0.3 is 4.74 Å². The lowest BCUT2D eigenvalue weighted by Gasteiger charge is -2.37. The van der Waals surface area contributed by atoms with E-state index >= 15 is 0 Å². The molecule has 0 unspecified atom stereocenters. The Labute approximate surface area is 143 Å². The van der Waals surface area contributed by atoms with Crippen LogP contribution in [0.1, 0.15) is 6.42 Å². The topological polar surface area (TPSA) is 89.8 Å². The highest BCUT2D eigenvalue weighted by atomic mass is 16.6. The van der Waals surface area contributed by atoms with Crippen LogP contribution in [0.5, 0.6) is 5.75 Å². The molecule has 0 N–H and O–H groups in total. The van der Waals surface area contributed by atoms with Gasteiger partial charge in [-0.25, -0.2) is 4.90 Å². The molecule has 7 nitrogen and oxygen atoms in total. The molecule has 0 aromatic heterocycles. The highest BCUT2D eigenvalue weighted by molar-refractivity contribution is 6.23. The molecule has 5 aliphatic rings. The van der Waals surface area contributed by atoms with E-state index in [-0.39, 0.29) is 46.9 Å². The lowest BCUT2D eigenvalue weighted by atomic mass is 9.63. The number of ether oxygens (including phenoxy) is 1. The molecule has 128 valence electrons. The largest absolute Gasteiger partial charge is 0.494 e. The van der Waals surface area contributed by atoms with Crippen molar-refractivity contribution in [2.45, 2.75) is 6.42 Å². The van der Waals surface area contributed by atoms with E-state index in [0.717, 1.165) is 6.42 Å². The minimum absolute atomic E-state index is 0.139. The molecular weight excluding hydrogens is 324 g/mol. The fraction of sp³-hybridized carbons (Fsp3) is 0.444. The molecule has 1 aromatic carbocycles. The van der Waals surface area contributed by atoms with E-state index in [1.54, 1.807) is 0 Å². The Morgan fingerprint density at radius 1 is 1.12 bits per heavy atom. The second-order valence-corrected chi connectivity index (χ2v) is 7.28. The van der Waals surface area contributed by atoms with Gasteiger partial charge in [-0.2, -0.15) is 0 Å². The monoisotopic (exact) mass is 340 g/mol. The molecule has 2 amide bonds. The van der Waals surface area contributed by atoms with Gasteiger partial charge >= 0.3 is 0 Å². The minimum atomic E-state index is -0.530. The van der Waals surface area contributed by atoms with Gasteiger partial charge in [0.15, 0.2) is 0 Å². The smallest absolute Gasteiger partial charge is 0.273 e. The molecule has 0 spiro atoms. The Bertz CT molecular complexity index is 827. The van der Waals surface area contributed by atoms with Crippen molar-refractivity contribution in [3.8, 4) is 5.75 Å². The first-order valence-corrected chi connectivity index (χ1v) is 8.41. The standard InChI is InChI=1S/C18H16N2O5/c1-25-14-6-8(20(23)24)2-5-13(14)19-17(21)15-9-3-4-10(12-7-11(9)12)16(15)18(19)22/h2-6,9-12,15-16H,7H2,1H3/t9-,10-,11-,12+,15+,16+/m0/s1. The Kier molecular flexibility index (Phi) is 2.74. The maximum atomic E-state index is 13.1. The third-order valence-corrected chi connectivity index (χ3v) is 6.28. The summed E-state index contributed by atoms with van der Waals surface area (Å²) in [5, 5.41) is 11.0. The molecule has 1 aliphatic heterocycles. The summed E-state index contributed by atoms with van der Waals surface area (Å²) in [6.45, 7) is 0. The zero-order valence-corrected chi connectivity index (χ0v) is 13.5. The number of hydrogen-bond acceptors (Lipinski definition) is 5. The zero-order valence-electron chi connectivity index (χ0n) is 13.5. The lowest BCUT2D eigenvalue weighted by Crippen LogP contribution is -2.40. The maximum absolute atomic E-state index is 13.1. The molecule has 2 bridgehead atoms. The highest BCUT2D eigenvalue weighted by Gasteiger charge is 2.67. The van der Waals surface area contributed by atoms with E-state index in [9.17, 15) is 19.7 Å². The average Bonchev–Trinajstić information content (AvgIpc) is 3.39. The summed E-state index contributed by atoms with van der Waals surface area (Å²) >= 11 is 0. The number of benzene rings is 1. The predicted molar refractivity (Wildman–Crippen MR) is 86.8 cm³/mol. The van der Waals surface area contributed by atoms with Gasteiger partial charge in [-0.3, -0.25) is 19.7 Å². The van der Waals surface area contributed by atoms with E-state index in [4.69, 9.17) is 4.74 Å². The number of nitrogens with zero attached hydrogens (tertiary/aromatic N) is 2. The van der Waals surface area contributed by atoms with Crippen LogP contribution in [0.25, 0.3) is 0 Å². The number of imide groups is 1. The normalized spacial score (nSPS) is 37.1. The van der Waals surface area contributed by atoms with Crippen molar-refractivity contribution in [1.29, 1.82) is 0 Å². The molecule has 25 heavy (non-hydrogen) atoms. The molecule has 3 fully saturated rings. The predicted octanol–water partition coefficient (Wildman–Crippen LogP) is 2.16. The number of anilines is 1. The van der Waals surface area contributed by atoms with E-state index in [2.05, 4.69) is 12.2 Å². The quantitative estimate of drug-likeness (QED) is 0.364. The van der Waals surface area contributed by atoms with Crippen molar-refractivity contribution in [2.24, 2.45) is 35.5 Å². The second kappa shape index (κ2) is 4.68. The number of methoxy groups -OCH3 is 1. The van der Waals surface area contributed by atoms with Gasteiger partial charge in [0, 0.05) is 6.07 Å². The van der Waals surface area contributed by atoms with Crippen molar-refractivity contribution in [1.82, 2.24) is 0 Å².